The number of nitrogens with one attached hydrogen (secondary N) is 1. The van der Waals surface area contributed by atoms with Crippen molar-refractivity contribution in [2.45, 2.75) is 65.0 Å². The fourth-order valence-electron chi connectivity index (χ4n) is 3.39. The van der Waals surface area contributed by atoms with Gasteiger partial charge in [0.2, 0.25) is 5.91 Å². The first-order valence-electron chi connectivity index (χ1n) is 8.90. The Morgan fingerprint density at radius 3 is 2.71 bits per heavy atom. The summed E-state index contributed by atoms with van der Waals surface area (Å²) in [4.78, 5) is 14.4. The Bertz CT molecular complexity index is 562. The minimum Gasteiger partial charge on any atom is -0.393 e. The second-order valence-corrected chi connectivity index (χ2v) is 8.11. The molecule has 2 atom stereocenters. The Kier molecular flexibility index (Phi) is 6.04. The number of aliphatic hydroxyl groups excluding tert-OH is 1. The van der Waals surface area contributed by atoms with E-state index in [-0.39, 0.29) is 23.5 Å². The molecule has 2 unspecified atom stereocenters. The zero-order chi connectivity index (χ0) is 17.9. The molecule has 1 aliphatic carbocycles. The number of aryl methyl sites for hydroxylation is 1. The van der Waals surface area contributed by atoms with Gasteiger partial charge in [-0.25, -0.2) is 4.68 Å². The third-order valence-corrected chi connectivity index (χ3v) is 4.56. The quantitative estimate of drug-likeness (QED) is 0.866. The van der Waals surface area contributed by atoms with Gasteiger partial charge in [-0.15, -0.1) is 0 Å². The summed E-state index contributed by atoms with van der Waals surface area (Å²) >= 11 is 0. The normalized spacial score (nSPS) is 22.0. The molecule has 2 N–H and O–H groups in total. The van der Waals surface area contributed by atoms with E-state index in [2.05, 4.69) is 31.2 Å². The number of nitrogens with zero attached hydrogens (tertiary/aromatic N) is 3. The van der Waals surface area contributed by atoms with Gasteiger partial charge in [0.15, 0.2) is 0 Å². The fourth-order valence-corrected chi connectivity index (χ4v) is 3.39. The molecule has 1 heterocycles. The average Bonchev–Trinajstić information content (AvgIpc) is 2.82. The summed E-state index contributed by atoms with van der Waals surface area (Å²) in [6.45, 7) is 9.18. The Hall–Kier alpha value is -1.40. The Morgan fingerprint density at radius 1 is 1.42 bits per heavy atom. The molecule has 0 saturated heterocycles. The van der Waals surface area contributed by atoms with Gasteiger partial charge in [0.05, 0.1) is 23.9 Å². The molecule has 0 radical (unpaired) electrons. The monoisotopic (exact) mass is 336 g/mol. The van der Waals surface area contributed by atoms with Gasteiger partial charge in [0.1, 0.15) is 5.82 Å². The van der Waals surface area contributed by atoms with E-state index in [9.17, 15) is 9.90 Å². The lowest BCUT2D eigenvalue weighted by Crippen LogP contribution is -2.39. The van der Waals surface area contributed by atoms with Crippen LogP contribution in [0.3, 0.4) is 0 Å². The predicted octanol–water partition coefficient (Wildman–Crippen LogP) is 2.37. The molecule has 1 fully saturated rings. The molecule has 1 aromatic rings. The van der Waals surface area contributed by atoms with Crippen LogP contribution in [-0.2, 0) is 10.3 Å². The molecule has 2 rings (SSSR count). The lowest BCUT2D eigenvalue weighted by molar-refractivity contribution is -0.117. The molecule has 0 aliphatic heterocycles. The van der Waals surface area contributed by atoms with Crippen molar-refractivity contribution in [1.29, 1.82) is 0 Å². The molecule has 1 saturated carbocycles. The van der Waals surface area contributed by atoms with Crippen molar-refractivity contribution < 1.29 is 9.90 Å². The molecular weight excluding hydrogens is 304 g/mol. The van der Waals surface area contributed by atoms with E-state index < -0.39 is 0 Å². The summed E-state index contributed by atoms with van der Waals surface area (Å²) in [5.41, 5.74) is 0.702. The largest absolute Gasteiger partial charge is 0.393 e. The number of amides is 1. The van der Waals surface area contributed by atoms with Crippen LogP contribution >= 0.6 is 0 Å². The van der Waals surface area contributed by atoms with E-state index >= 15 is 0 Å². The number of rotatable bonds is 5. The number of aliphatic hydroxyl groups is 1. The molecule has 24 heavy (non-hydrogen) atoms. The highest BCUT2D eigenvalue weighted by molar-refractivity contribution is 5.91. The highest BCUT2D eigenvalue weighted by Crippen LogP contribution is 2.25. The van der Waals surface area contributed by atoms with Gasteiger partial charge in [-0.1, -0.05) is 12.8 Å². The van der Waals surface area contributed by atoms with E-state index in [1.165, 1.54) is 6.42 Å². The third kappa shape index (κ3) is 5.05. The SMILES string of the molecule is Cc1cc(NC(=O)CN(C)CC2CCCCC2O)n(C(C)(C)C)n1. The fraction of sp³-hybridized carbons (Fsp3) is 0.778. The zero-order valence-corrected chi connectivity index (χ0v) is 15.7. The van der Waals surface area contributed by atoms with Crippen molar-refractivity contribution in [3.63, 3.8) is 0 Å². The third-order valence-electron chi connectivity index (χ3n) is 4.56. The number of hydrogen-bond acceptors (Lipinski definition) is 4. The summed E-state index contributed by atoms with van der Waals surface area (Å²) < 4.78 is 1.85. The van der Waals surface area contributed by atoms with Gasteiger partial charge in [-0.3, -0.25) is 9.69 Å². The molecule has 6 heteroatoms. The van der Waals surface area contributed by atoms with Crippen molar-refractivity contribution in [2.75, 3.05) is 25.5 Å². The van der Waals surface area contributed by atoms with Gasteiger partial charge in [-0.2, -0.15) is 5.10 Å². The number of hydrogen-bond donors (Lipinski definition) is 2. The number of anilines is 1. The summed E-state index contributed by atoms with van der Waals surface area (Å²) in [5, 5.41) is 17.5. The van der Waals surface area contributed by atoms with Crippen molar-refractivity contribution in [3.8, 4) is 0 Å². The van der Waals surface area contributed by atoms with E-state index in [1.54, 1.807) is 0 Å². The van der Waals surface area contributed by atoms with Gasteiger partial charge in [0.25, 0.3) is 0 Å². The van der Waals surface area contributed by atoms with Crippen LogP contribution in [0.1, 0.15) is 52.1 Å². The minimum absolute atomic E-state index is 0.0480. The van der Waals surface area contributed by atoms with Crippen LogP contribution in [0.5, 0.6) is 0 Å². The predicted molar refractivity (Wildman–Crippen MR) is 96.1 cm³/mol. The van der Waals surface area contributed by atoms with Crippen LogP contribution in [0.15, 0.2) is 6.07 Å². The summed E-state index contributed by atoms with van der Waals surface area (Å²) in [5.74, 6) is 0.961. The molecule has 0 spiro atoms. The highest BCUT2D eigenvalue weighted by Gasteiger charge is 2.25. The Labute approximate surface area is 145 Å². The van der Waals surface area contributed by atoms with Crippen LogP contribution in [0.25, 0.3) is 0 Å². The topological polar surface area (TPSA) is 70.4 Å². The minimum atomic E-state index is -0.228. The number of aromatic nitrogens is 2. The molecule has 6 nitrogen and oxygen atoms in total. The number of carbonyl (C=O) groups excluding carboxylic acids is 1. The first-order chi connectivity index (χ1) is 11.2. The van der Waals surface area contributed by atoms with Crippen LogP contribution in [0.2, 0.25) is 0 Å². The average molecular weight is 336 g/mol. The summed E-state index contributed by atoms with van der Waals surface area (Å²) in [7, 11) is 1.94. The lowest BCUT2D eigenvalue weighted by atomic mass is 9.86. The van der Waals surface area contributed by atoms with E-state index in [0.717, 1.165) is 37.3 Å². The van der Waals surface area contributed by atoms with Crippen molar-refractivity contribution >= 4 is 11.7 Å². The van der Waals surface area contributed by atoms with Gasteiger partial charge in [-0.05, 0) is 53.5 Å². The molecule has 0 bridgehead atoms. The maximum atomic E-state index is 12.4. The van der Waals surface area contributed by atoms with E-state index in [0.29, 0.717) is 6.54 Å². The highest BCUT2D eigenvalue weighted by atomic mass is 16.3. The van der Waals surface area contributed by atoms with Crippen LogP contribution in [0.4, 0.5) is 5.82 Å². The zero-order valence-electron chi connectivity index (χ0n) is 15.7. The van der Waals surface area contributed by atoms with Crippen molar-refractivity contribution in [3.05, 3.63) is 11.8 Å². The molecular formula is C18H32N4O2. The van der Waals surface area contributed by atoms with E-state index in [1.807, 2.05) is 29.6 Å². The van der Waals surface area contributed by atoms with E-state index in [4.69, 9.17) is 0 Å². The lowest BCUT2D eigenvalue weighted by Gasteiger charge is -2.31. The van der Waals surface area contributed by atoms with Gasteiger partial charge in [0, 0.05) is 12.6 Å². The van der Waals surface area contributed by atoms with Crippen molar-refractivity contribution in [2.24, 2.45) is 5.92 Å². The van der Waals surface area contributed by atoms with Crippen LogP contribution in [-0.4, -0.2) is 51.9 Å². The van der Waals surface area contributed by atoms with Crippen molar-refractivity contribution in [1.82, 2.24) is 14.7 Å². The first kappa shape index (κ1) is 18.9. The van der Waals surface area contributed by atoms with Crippen LogP contribution < -0.4 is 5.32 Å². The summed E-state index contributed by atoms with van der Waals surface area (Å²) in [6, 6.07) is 1.90. The molecule has 1 amide bonds. The first-order valence-corrected chi connectivity index (χ1v) is 8.90. The standard InChI is InChI=1S/C18H32N4O2/c1-13-10-16(22(20-13)18(2,3)4)19-17(24)12-21(5)11-14-8-6-7-9-15(14)23/h10,14-15,23H,6-9,11-12H2,1-5H3,(H,19,24). The number of likely N-dealkylation sites (N-methyl/N-ethyl adjacent to an activating group) is 1. The Balaban J connectivity index is 1.91. The molecule has 1 aromatic heterocycles. The number of carbonyl (C=O) groups is 1. The smallest absolute Gasteiger partial charge is 0.239 e. The second kappa shape index (κ2) is 7.66. The van der Waals surface area contributed by atoms with Gasteiger partial charge >= 0.3 is 0 Å². The van der Waals surface area contributed by atoms with Crippen LogP contribution in [0, 0.1) is 12.8 Å². The second-order valence-electron chi connectivity index (χ2n) is 8.11. The maximum Gasteiger partial charge on any atom is 0.239 e. The molecule has 1 aliphatic rings. The van der Waals surface area contributed by atoms with Gasteiger partial charge < -0.3 is 10.4 Å². The molecule has 136 valence electrons. The maximum absolute atomic E-state index is 12.4. The summed E-state index contributed by atoms with van der Waals surface area (Å²) in [6.07, 6.45) is 3.98. The molecule has 0 aromatic carbocycles. The Morgan fingerprint density at radius 2 is 2.08 bits per heavy atom.